The Morgan fingerprint density at radius 1 is 1.54 bits per heavy atom. The van der Waals surface area contributed by atoms with E-state index in [2.05, 4.69) is 4.98 Å². The minimum Gasteiger partial charge on any atom is -0.258 e. The van der Waals surface area contributed by atoms with Crippen LogP contribution in [0, 0.1) is 5.82 Å². The Bertz CT molecular complexity index is 318. The van der Waals surface area contributed by atoms with Gasteiger partial charge in [-0.1, -0.05) is 6.92 Å². The van der Waals surface area contributed by atoms with E-state index in [1.807, 2.05) is 6.92 Å². The van der Waals surface area contributed by atoms with Crippen molar-refractivity contribution in [2.75, 3.05) is 0 Å². The summed E-state index contributed by atoms with van der Waals surface area (Å²) in [7, 11) is 0. The lowest BCUT2D eigenvalue weighted by atomic mass is 9.66. The first-order valence-electron chi connectivity index (χ1n) is 4.37. The molecule has 0 amide bonds. The second-order valence-electron chi connectivity index (χ2n) is 3.90. The molecule has 13 heavy (non-hydrogen) atoms. The second-order valence-corrected chi connectivity index (χ2v) is 3.90. The smallest absolute Gasteiger partial charge is 0.145 e. The molecule has 0 atom stereocenters. The number of rotatable bonds is 1. The zero-order valence-electron chi connectivity index (χ0n) is 7.43. The van der Waals surface area contributed by atoms with Crippen molar-refractivity contribution in [2.24, 2.45) is 0 Å². The third kappa shape index (κ3) is 1.32. The second kappa shape index (κ2) is 2.76. The lowest BCUT2D eigenvalue weighted by molar-refractivity contribution is 0.101. The van der Waals surface area contributed by atoms with Crippen LogP contribution < -0.4 is 0 Å². The summed E-state index contributed by atoms with van der Waals surface area (Å²) in [5.41, 5.74) is 0.0222. The number of aromatic nitrogens is 1. The number of nitrogens with zero attached hydrogens (tertiary/aromatic N) is 1. The molecule has 1 heterocycles. The summed E-state index contributed by atoms with van der Waals surface area (Å²) in [6.07, 6.45) is 1.54. The highest BCUT2D eigenvalue weighted by molar-refractivity contribution is 5.22. The number of pyridine rings is 1. The summed E-state index contributed by atoms with van der Waals surface area (Å²) < 4.78 is 25.9. The van der Waals surface area contributed by atoms with Gasteiger partial charge in [0.1, 0.15) is 12.0 Å². The van der Waals surface area contributed by atoms with Crippen molar-refractivity contribution in [1.82, 2.24) is 4.98 Å². The van der Waals surface area contributed by atoms with Gasteiger partial charge in [0, 0.05) is 11.6 Å². The highest BCUT2D eigenvalue weighted by atomic mass is 19.1. The van der Waals surface area contributed by atoms with Gasteiger partial charge in [-0.25, -0.2) is 8.78 Å². The molecule has 70 valence electrons. The van der Waals surface area contributed by atoms with Crippen LogP contribution in [0.1, 0.15) is 25.5 Å². The van der Waals surface area contributed by atoms with E-state index in [1.165, 1.54) is 6.07 Å². The molecule has 1 saturated carbocycles. The van der Waals surface area contributed by atoms with Crippen molar-refractivity contribution in [3.8, 4) is 0 Å². The molecule has 1 aromatic heterocycles. The van der Waals surface area contributed by atoms with E-state index in [4.69, 9.17) is 0 Å². The predicted octanol–water partition coefficient (Wildman–Crippen LogP) is 2.61. The summed E-state index contributed by atoms with van der Waals surface area (Å²) >= 11 is 0. The molecule has 0 aromatic carbocycles. The van der Waals surface area contributed by atoms with E-state index in [-0.39, 0.29) is 11.2 Å². The molecule has 1 aromatic rings. The van der Waals surface area contributed by atoms with Crippen LogP contribution in [0.4, 0.5) is 8.78 Å². The minimum atomic E-state index is -0.786. The van der Waals surface area contributed by atoms with Crippen molar-refractivity contribution in [3.63, 3.8) is 0 Å². The Morgan fingerprint density at radius 3 is 2.77 bits per heavy atom. The van der Waals surface area contributed by atoms with E-state index in [0.717, 1.165) is 0 Å². The topological polar surface area (TPSA) is 12.9 Å². The first-order valence-corrected chi connectivity index (χ1v) is 4.37. The summed E-state index contributed by atoms with van der Waals surface area (Å²) in [6, 6.07) is 2.92. The summed E-state index contributed by atoms with van der Waals surface area (Å²) in [5, 5.41) is 0. The Morgan fingerprint density at radius 2 is 2.23 bits per heavy atom. The average molecular weight is 183 g/mol. The van der Waals surface area contributed by atoms with Crippen LogP contribution in [-0.2, 0) is 5.41 Å². The molecule has 1 nitrogen and oxygen atoms in total. The van der Waals surface area contributed by atoms with Gasteiger partial charge in [0.05, 0.1) is 5.69 Å². The quantitative estimate of drug-likeness (QED) is 0.652. The third-order valence-electron chi connectivity index (χ3n) is 2.67. The first-order chi connectivity index (χ1) is 6.12. The molecule has 0 saturated heterocycles. The van der Waals surface area contributed by atoms with E-state index in [1.54, 1.807) is 12.3 Å². The lowest BCUT2D eigenvalue weighted by Gasteiger charge is -2.40. The van der Waals surface area contributed by atoms with Gasteiger partial charge in [-0.3, -0.25) is 4.98 Å². The zero-order valence-corrected chi connectivity index (χ0v) is 7.43. The van der Waals surface area contributed by atoms with Crippen molar-refractivity contribution in [2.45, 2.75) is 31.4 Å². The van der Waals surface area contributed by atoms with Crippen LogP contribution in [0.5, 0.6) is 0 Å². The highest BCUT2D eigenvalue weighted by Gasteiger charge is 2.44. The Hall–Kier alpha value is -0.990. The molecular formula is C10H11F2N. The van der Waals surface area contributed by atoms with Gasteiger partial charge < -0.3 is 0 Å². The molecule has 0 radical (unpaired) electrons. The van der Waals surface area contributed by atoms with E-state index >= 15 is 0 Å². The third-order valence-corrected chi connectivity index (χ3v) is 2.67. The van der Waals surface area contributed by atoms with Crippen LogP contribution >= 0.6 is 0 Å². The molecule has 1 aliphatic carbocycles. The Kier molecular flexibility index (Phi) is 1.82. The van der Waals surface area contributed by atoms with Gasteiger partial charge in [0.25, 0.3) is 0 Å². The molecular weight excluding hydrogens is 172 g/mol. The van der Waals surface area contributed by atoms with Crippen LogP contribution in [-0.4, -0.2) is 11.2 Å². The SMILES string of the molecule is C[C@]1(c2ncccc2F)C[C@H](F)C1. The molecule has 1 fully saturated rings. The molecule has 2 rings (SSSR count). The largest absolute Gasteiger partial charge is 0.258 e. The van der Waals surface area contributed by atoms with E-state index < -0.39 is 6.17 Å². The molecule has 0 aliphatic heterocycles. The normalized spacial score (nSPS) is 32.7. The van der Waals surface area contributed by atoms with Crippen LogP contribution in [0.2, 0.25) is 0 Å². The first kappa shape index (κ1) is 8.60. The van der Waals surface area contributed by atoms with Crippen LogP contribution in [0.25, 0.3) is 0 Å². The van der Waals surface area contributed by atoms with Gasteiger partial charge in [-0.2, -0.15) is 0 Å². The van der Waals surface area contributed by atoms with Crippen LogP contribution in [0.3, 0.4) is 0 Å². The van der Waals surface area contributed by atoms with Gasteiger partial charge in [-0.05, 0) is 25.0 Å². The fraction of sp³-hybridized carbons (Fsp3) is 0.500. The minimum absolute atomic E-state index is 0.322. The maximum Gasteiger partial charge on any atom is 0.145 e. The molecule has 0 unspecified atom stereocenters. The highest BCUT2D eigenvalue weighted by Crippen LogP contribution is 2.44. The maximum absolute atomic E-state index is 13.2. The van der Waals surface area contributed by atoms with Gasteiger partial charge in [0.15, 0.2) is 0 Å². The van der Waals surface area contributed by atoms with Crippen molar-refractivity contribution >= 4 is 0 Å². The number of hydrogen-bond acceptors (Lipinski definition) is 1. The van der Waals surface area contributed by atoms with Crippen LogP contribution in [0.15, 0.2) is 18.3 Å². The predicted molar refractivity (Wildman–Crippen MR) is 45.7 cm³/mol. The van der Waals surface area contributed by atoms with Gasteiger partial charge >= 0.3 is 0 Å². The molecule has 1 aliphatic rings. The summed E-state index contributed by atoms with van der Waals surface area (Å²) in [5.74, 6) is -0.322. The Balaban J connectivity index is 2.31. The van der Waals surface area contributed by atoms with E-state index in [9.17, 15) is 8.78 Å². The fourth-order valence-electron chi connectivity index (χ4n) is 1.94. The lowest BCUT2D eigenvalue weighted by Crippen LogP contribution is -2.41. The molecule has 3 heteroatoms. The van der Waals surface area contributed by atoms with Gasteiger partial charge in [-0.15, -0.1) is 0 Å². The van der Waals surface area contributed by atoms with Gasteiger partial charge in [0.2, 0.25) is 0 Å². The van der Waals surface area contributed by atoms with Crippen molar-refractivity contribution in [1.29, 1.82) is 0 Å². The number of alkyl halides is 1. The summed E-state index contributed by atoms with van der Waals surface area (Å²) in [6.45, 7) is 1.86. The average Bonchev–Trinajstić information content (AvgIpc) is 2.02. The maximum atomic E-state index is 13.2. The molecule has 0 spiro atoms. The fourth-order valence-corrected chi connectivity index (χ4v) is 1.94. The Labute approximate surface area is 75.8 Å². The molecule has 0 N–H and O–H groups in total. The van der Waals surface area contributed by atoms with Crippen molar-refractivity contribution < 1.29 is 8.78 Å². The molecule has 0 bridgehead atoms. The monoisotopic (exact) mass is 183 g/mol. The van der Waals surface area contributed by atoms with E-state index in [0.29, 0.717) is 18.5 Å². The van der Waals surface area contributed by atoms with Crippen molar-refractivity contribution in [3.05, 3.63) is 29.8 Å². The standard InChI is InChI=1S/C10H11F2N/c1-10(5-7(11)6-10)9-8(12)3-2-4-13-9/h2-4,7H,5-6H2,1H3/t7-,10-. The number of hydrogen-bond donors (Lipinski definition) is 0. The summed E-state index contributed by atoms with van der Waals surface area (Å²) in [4.78, 5) is 3.96. The number of halogens is 2. The zero-order chi connectivity index (χ0) is 9.47.